The average Bonchev–Trinajstić information content (AvgIpc) is 2.91. The summed E-state index contributed by atoms with van der Waals surface area (Å²) in [5.74, 6) is 1.68. The number of fused-ring (bicyclic) bond motifs is 1. The molecular weight excluding hydrogens is 240 g/mol. The van der Waals surface area contributed by atoms with Gasteiger partial charge in [-0.3, -0.25) is 0 Å². The Bertz CT molecular complexity index is 464. The van der Waals surface area contributed by atoms with Gasteiger partial charge < -0.3 is 14.5 Å². The van der Waals surface area contributed by atoms with Crippen molar-refractivity contribution in [1.82, 2.24) is 9.97 Å². The van der Waals surface area contributed by atoms with Crippen molar-refractivity contribution in [3.63, 3.8) is 0 Å². The van der Waals surface area contributed by atoms with E-state index in [-0.39, 0.29) is 0 Å². The molecule has 0 fully saturated rings. The van der Waals surface area contributed by atoms with Gasteiger partial charge in [0.25, 0.3) is 0 Å². The normalized spacial score (nSPS) is 10.8. The van der Waals surface area contributed by atoms with Crippen LogP contribution in [0.5, 0.6) is 11.5 Å². The van der Waals surface area contributed by atoms with Crippen LogP contribution in [0.25, 0.3) is 11.0 Å². The van der Waals surface area contributed by atoms with Crippen LogP contribution < -0.4 is 9.47 Å². The lowest BCUT2D eigenvalue weighted by Gasteiger charge is -2.10. The molecule has 0 spiro atoms. The first-order valence-corrected chi connectivity index (χ1v) is 7.08. The van der Waals surface area contributed by atoms with Crippen LogP contribution in [0.1, 0.15) is 39.5 Å². The van der Waals surface area contributed by atoms with Gasteiger partial charge >= 0.3 is 0 Å². The number of imidazole rings is 1. The third kappa shape index (κ3) is 3.40. The van der Waals surface area contributed by atoms with Gasteiger partial charge in [0.1, 0.15) is 22.5 Å². The SMILES string of the molecule is CCCCOc1ccc(OCCCC)c2[nH]cnc12. The van der Waals surface area contributed by atoms with Crippen molar-refractivity contribution in [1.29, 1.82) is 0 Å². The zero-order valence-corrected chi connectivity index (χ0v) is 11.7. The van der Waals surface area contributed by atoms with E-state index >= 15 is 0 Å². The molecule has 0 radical (unpaired) electrons. The maximum Gasteiger partial charge on any atom is 0.147 e. The molecule has 4 heteroatoms. The van der Waals surface area contributed by atoms with Gasteiger partial charge in [-0.15, -0.1) is 0 Å². The zero-order valence-electron chi connectivity index (χ0n) is 11.7. The minimum absolute atomic E-state index is 0.731. The number of aromatic amines is 1. The van der Waals surface area contributed by atoms with Gasteiger partial charge in [0.2, 0.25) is 0 Å². The number of aromatic nitrogens is 2. The number of hydrogen-bond donors (Lipinski definition) is 1. The molecule has 1 aromatic heterocycles. The summed E-state index contributed by atoms with van der Waals surface area (Å²) >= 11 is 0. The van der Waals surface area contributed by atoms with E-state index in [0.29, 0.717) is 0 Å². The molecule has 0 aliphatic carbocycles. The first-order valence-electron chi connectivity index (χ1n) is 7.08. The van der Waals surface area contributed by atoms with Crippen LogP contribution in [0.3, 0.4) is 0 Å². The Kier molecular flexibility index (Phi) is 5.07. The van der Waals surface area contributed by atoms with Crippen LogP contribution in [0.15, 0.2) is 18.5 Å². The van der Waals surface area contributed by atoms with E-state index in [2.05, 4.69) is 23.8 Å². The summed E-state index contributed by atoms with van der Waals surface area (Å²) in [7, 11) is 0. The monoisotopic (exact) mass is 262 g/mol. The first-order chi connectivity index (χ1) is 9.36. The van der Waals surface area contributed by atoms with Crippen molar-refractivity contribution in [2.24, 2.45) is 0 Å². The maximum atomic E-state index is 5.77. The number of hydrogen-bond acceptors (Lipinski definition) is 3. The molecular formula is C15H22N2O2. The van der Waals surface area contributed by atoms with E-state index in [4.69, 9.17) is 9.47 Å². The number of unbranched alkanes of at least 4 members (excludes halogenated alkanes) is 2. The van der Waals surface area contributed by atoms with Gasteiger partial charge in [-0.25, -0.2) is 4.98 Å². The fourth-order valence-corrected chi connectivity index (χ4v) is 1.87. The second-order valence-corrected chi connectivity index (χ2v) is 4.59. The van der Waals surface area contributed by atoms with Gasteiger partial charge in [0.05, 0.1) is 19.5 Å². The quantitative estimate of drug-likeness (QED) is 0.733. The van der Waals surface area contributed by atoms with Crippen LogP contribution in [-0.4, -0.2) is 23.2 Å². The molecule has 0 amide bonds. The number of nitrogens with zero attached hydrogens (tertiary/aromatic N) is 1. The fourth-order valence-electron chi connectivity index (χ4n) is 1.87. The van der Waals surface area contributed by atoms with E-state index < -0.39 is 0 Å². The second-order valence-electron chi connectivity index (χ2n) is 4.59. The van der Waals surface area contributed by atoms with Crippen LogP contribution in [-0.2, 0) is 0 Å². The summed E-state index contributed by atoms with van der Waals surface area (Å²) < 4.78 is 11.5. The molecule has 0 atom stereocenters. The molecule has 0 bridgehead atoms. The lowest BCUT2D eigenvalue weighted by molar-refractivity contribution is 0.305. The summed E-state index contributed by atoms with van der Waals surface area (Å²) in [5.41, 5.74) is 1.77. The Morgan fingerprint density at radius 1 is 1.00 bits per heavy atom. The number of ether oxygens (including phenoxy) is 2. The third-order valence-corrected chi connectivity index (χ3v) is 3.02. The molecule has 1 heterocycles. The smallest absolute Gasteiger partial charge is 0.147 e. The van der Waals surface area contributed by atoms with E-state index in [1.165, 1.54) is 0 Å². The number of H-pyrrole nitrogens is 1. The Labute approximate surface area is 114 Å². The summed E-state index contributed by atoms with van der Waals surface area (Å²) in [6.07, 6.45) is 6.06. The Balaban J connectivity index is 2.13. The summed E-state index contributed by atoms with van der Waals surface area (Å²) in [4.78, 5) is 7.46. The highest BCUT2D eigenvalue weighted by Crippen LogP contribution is 2.30. The largest absolute Gasteiger partial charge is 0.491 e. The summed E-state index contributed by atoms with van der Waals surface area (Å²) in [6, 6.07) is 3.90. The molecule has 0 aliphatic rings. The molecule has 1 aromatic carbocycles. The highest BCUT2D eigenvalue weighted by atomic mass is 16.5. The molecule has 2 rings (SSSR count). The molecule has 0 saturated heterocycles. The average molecular weight is 262 g/mol. The molecule has 2 aromatic rings. The van der Waals surface area contributed by atoms with Gasteiger partial charge in [0, 0.05) is 0 Å². The molecule has 4 nitrogen and oxygen atoms in total. The van der Waals surface area contributed by atoms with Crippen LogP contribution >= 0.6 is 0 Å². The topological polar surface area (TPSA) is 47.1 Å². The summed E-state index contributed by atoms with van der Waals surface area (Å²) in [5, 5.41) is 0. The number of rotatable bonds is 8. The fraction of sp³-hybridized carbons (Fsp3) is 0.533. The van der Waals surface area contributed by atoms with Crippen molar-refractivity contribution in [3.8, 4) is 11.5 Å². The number of nitrogens with one attached hydrogen (secondary N) is 1. The Morgan fingerprint density at radius 2 is 1.63 bits per heavy atom. The molecule has 0 unspecified atom stereocenters. The van der Waals surface area contributed by atoms with E-state index in [1.54, 1.807) is 6.33 Å². The predicted molar refractivity (Wildman–Crippen MR) is 76.9 cm³/mol. The zero-order chi connectivity index (χ0) is 13.5. The van der Waals surface area contributed by atoms with Crippen molar-refractivity contribution in [3.05, 3.63) is 18.5 Å². The van der Waals surface area contributed by atoms with Crippen molar-refractivity contribution < 1.29 is 9.47 Å². The van der Waals surface area contributed by atoms with Gasteiger partial charge in [-0.05, 0) is 25.0 Å². The molecule has 19 heavy (non-hydrogen) atoms. The predicted octanol–water partition coefficient (Wildman–Crippen LogP) is 3.92. The van der Waals surface area contributed by atoms with E-state index in [0.717, 1.165) is 61.4 Å². The Hall–Kier alpha value is -1.71. The number of benzene rings is 1. The van der Waals surface area contributed by atoms with Gasteiger partial charge in [-0.2, -0.15) is 0 Å². The molecule has 0 saturated carbocycles. The lowest BCUT2D eigenvalue weighted by Crippen LogP contribution is -2.00. The third-order valence-electron chi connectivity index (χ3n) is 3.02. The first kappa shape index (κ1) is 13.7. The van der Waals surface area contributed by atoms with Crippen molar-refractivity contribution in [2.75, 3.05) is 13.2 Å². The highest BCUT2D eigenvalue weighted by Gasteiger charge is 2.10. The van der Waals surface area contributed by atoms with Crippen molar-refractivity contribution >= 4 is 11.0 Å². The molecule has 1 N–H and O–H groups in total. The second kappa shape index (κ2) is 7.02. The molecule has 0 aliphatic heterocycles. The van der Waals surface area contributed by atoms with Crippen LogP contribution in [0.4, 0.5) is 0 Å². The van der Waals surface area contributed by atoms with Gasteiger partial charge in [-0.1, -0.05) is 26.7 Å². The maximum absolute atomic E-state index is 5.77. The van der Waals surface area contributed by atoms with Crippen molar-refractivity contribution in [2.45, 2.75) is 39.5 Å². The highest BCUT2D eigenvalue weighted by molar-refractivity contribution is 5.86. The Morgan fingerprint density at radius 3 is 2.32 bits per heavy atom. The molecule has 104 valence electrons. The minimum atomic E-state index is 0.731. The van der Waals surface area contributed by atoms with Crippen LogP contribution in [0.2, 0.25) is 0 Å². The lowest BCUT2D eigenvalue weighted by atomic mass is 10.2. The van der Waals surface area contributed by atoms with Gasteiger partial charge in [0.15, 0.2) is 0 Å². The summed E-state index contributed by atoms with van der Waals surface area (Å²) in [6.45, 7) is 5.77. The standard InChI is InChI=1S/C15H22N2O2/c1-3-5-9-18-12-7-8-13(19-10-6-4-2)15-14(12)16-11-17-15/h7-8,11H,3-6,9-10H2,1-2H3,(H,16,17). The van der Waals surface area contributed by atoms with E-state index in [1.807, 2.05) is 12.1 Å². The van der Waals surface area contributed by atoms with E-state index in [9.17, 15) is 0 Å². The minimum Gasteiger partial charge on any atom is -0.491 e. The van der Waals surface area contributed by atoms with Crippen LogP contribution in [0, 0.1) is 0 Å².